The highest BCUT2D eigenvalue weighted by molar-refractivity contribution is 7.13. The second-order valence-electron chi connectivity index (χ2n) is 4.53. The molecule has 2 aromatic rings. The fourth-order valence-electron chi connectivity index (χ4n) is 1.82. The maximum atomic E-state index is 12.4. The third-order valence-electron chi connectivity index (χ3n) is 2.96. The zero-order chi connectivity index (χ0) is 18.2. The van der Waals surface area contributed by atoms with Gasteiger partial charge in [0.25, 0.3) is 5.91 Å². The monoisotopic (exact) mass is 361 g/mol. The molecule has 0 spiro atoms. The summed E-state index contributed by atoms with van der Waals surface area (Å²) < 4.78 is 9.14. The van der Waals surface area contributed by atoms with Crippen LogP contribution in [0.25, 0.3) is 0 Å². The highest BCUT2D eigenvalue weighted by atomic mass is 32.1. The van der Waals surface area contributed by atoms with E-state index in [1.165, 1.54) is 25.6 Å². The van der Waals surface area contributed by atoms with Crippen LogP contribution in [0.1, 0.15) is 10.4 Å². The van der Waals surface area contributed by atoms with Gasteiger partial charge in [0, 0.05) is 11.6 Å². The van der Waals surface area contributed by atoms with E-state index in [4.69, 9.17) is 0 Å². The highest BCUT2D eigenvalue weighted by Gasteiger charge is 2.17. The maximum Gasteiger partial charge on any atom is 0.354 e. The lowest BCUT2D eigenvalue weighted by Gasteiger charge is -2.13. The number of nitrogens with one attached hydrogen (secondary N) is 2. The molecule has 1 aromatic heterocycles. The molecule has 0 unspecified atom stereocenters. The number of rotatable bonds is 6. The number of esters is 2. The molecule has 2 N–H and O–H groups in total. The molecule has 0 radical (unpaired) electrons. The smallest absolute Gasteiger partial charge is 0.354 e. The molecule has 9 heteroatoms. The molecule has 1 aromatic carbocycles. The Labute approximate surface area is 147 Å². The average molecular weight is 361 g/mol. The Balaban J connectivity index is 2.29. The van der Waals surface area contributed by atoms with E-state index in [0.29, 0.717) is 10.8 Å². The van der Waals surface area contributed by atoms with Crippen LogP contribution in [-0.4, -0.2) is 37.0 Å². The molecule has 0 saturated carbocycles. The number of para-hydroxylation sites is 1. The number of anilines is 2. The Kier molecular flexibility index (Phi) is 6.24. The highest BCUT2D eigenvalue weighted by Crippen LogP contribution is 2.20. The first-order valence-electron chi connectivity index (χ1n) is 7.00. The minimum absolute atomic E-state index is 0.163. The number of hydrogen-bond acceptors (Lipinski definition) is 8. The number of nitrogens with zero attached hydrogens (tertiary/aromatic N) is 1. The van der Waals surface area contributed by atoms with Crippen molar-refractivity contribution in [1.82, 2.24) is 4.98 Å². The van der Waals surface area contributed by atoms with Crippen LogP contribution >= 0.6 is 11.3 Å². The van der Waals surface area contributed by atoms with E-state index in [1.54, 1.807) is 35.8 Å². The fourth-order valence-corrected chi connectivity index (χ4v) is 2.34. The third-order valence-corrected chi connectivity index (χ3v) is 3.65. The normalized spacial score (nSPS) is 10.7. The first-order valence-corrected chi connectivity index (χ1v) is 7.88. The summed E-state index contributed by atoms with van der Waals surface area (Å²) in [6.07, 6.45) is 2.51. The van der Waals surface area contributed by atoms with E-state index in [0.717, 1.165) is 6.08 Å². The Hall–Kier alpha value is -3.20. The second kappa shape index (κ2) is 8.60. The maximum absolute atomic E-state index is 12.4. The number of aromatic nitrogens is 1. The van der Waals surface area contributed by atoms with Crippen molar-refractivity contribution >= 4 is 40.0 Å². The van der Waals surface area contributed by atoms with Gasteiger partial charge in [-0.05, 0) is 12.1 Å². The van der Waals surface area contributed by atoms with Crippen molar-refractivity contribution in [1.29, 1.82) is 0 Å². The van der Waals surface area contributed by atoms with Crippen molar-refractivity contribution in [2.75, 3.05) is 24.9 Å². The molecule has 25 heavy (non-hydrogen) atoms. The van der Waals surface area contributed by atoms with Gasteiger partial charge < -0.3 is 14.8 Å². The van der Waals surface area contributed by atoms with E-state index in [9.17, 15) is 14.4 Å². The molecule has 8 nitrogen and oxygen atoms in total. The summed E-state index contributed by atoms with van der Waals surface area (Å²) in [6, 6.07) is 6.50. The summed E-state index contributed by atoms with van der Waals surface area (Å²) in [4.78, 5) is 39.7. The van der Waals surface area contributed by atoms with E-state index in [1.807, 2.05) is 0 Å². The van der Waals surface area contributed by atoms with Gasteiger partial charge in [-0.15, -0.1) is 11.3 Å². The number of benzene rings is 1. The number of amides is 1. The SMILES string of the molecule is COC(=O)/C=C(/Nc1ccccc1C(=O)Nc1nccs1)C(=O)OC. The Morgan fingerprint density at radius 1 is 1.12 bits per heavy atom. The van der Waals surface area contributed by atoms with Crippen LogP contribution in [0.3, 0.4) is 0 Å². The molecule has 1 amide bonds. The molecule has 130 valence electrons. The van der Waals surface area contributed by atoms with Crippen LogP contribution < -0.4 is 10.6 Å². The van der Waals surface area contributed by atoms with Gasteiger partial charge in [0.1, 0.15) is 5.70 Å². The molecular weight excluding hydrogens is 346 g/mol. The summed E-state index contributed by atoms with van der Waals surface area (Å²) in [7, 11) is 2.36. The van der Waals surface area contributed by atoms with Crippen molar-refractivity contribution in [3.8, 4) is 0 Å². The lowest BCUT2D eigenvalue weighted by Crippen LogP contribution is -2.19. The van der Waals surface area contributed by atoms with Crippen LogP contribution in [0.2, 0.25) is 0 Å². The predicted octanol–water partition coefficient (Wildman–Crippen LogP) is 2.04. The largest absolute Gasteiger partial charge is 0.466 e. The second-order valence-corrected chi connectivity index (χ2v) is 5.43. The minimum Gasteiger partial charge on any atom is -0.466 e. The van der Waals surface area contributed by atoms with Gasteiger partial charge in [-0.2, -0.15) is 0 Å². The zero-order valence-corrected chi connectivity index (χ0v) is 14.3. The lowest BCUT2D eigenvalue weighted by atomic mass is 10.1. The number of ether oxygens (including phenoxy) is 2. The Bertz CT molecular complexity index is 802. The molecule has 2 rings (SSSR count). The zero-order valence-electron chi connectivity index (χ0n) is 13.4. The van der Waals surface area contributed by atoms with Crippen molar-refractivity contribution in [3.05, 3.63) is 53.2 Å². The van der Waals surface area contributed by atoms with Crippen molar-refractivity contribution in [3.63, 3.8) is 0 Å². The van der Waals surface area contributed by atoms with Gasteiger partial charge in [-0.1, -0.05) is 12.1 Å². The number of carbonyl (C=O) groups is 3. The first-order chi connectivity index (χ1) is 12.0. The van der Waals surface area contributed by atoms with Gasteiger partial charge in [-0.3, -0.25) is 10.1 Å². The molecule has 0 saturated heterocycles. The third kappa shape index (κ3) is 4.88. The van der Waals surface area contributed by atoms with Crippen molar-refractivity contribution in [2.45, 2.75) is 0 Å². The van der Waals surface area contributed by atoms with Gasteiger partial charge in [0.05, 0.1) is 31.5 Å². The van der Waals surface area contributed by atoms with Gasteiger partial charge >= 0.3 is 11.9 Å². The average Bonchev–Trinajstić information content (AvgIpc) is 3.13. The molecule has 0 aliphatic heterocycles. The first kappa shape index (κ1) is 18.1. The van der Waals surface area contributed by atoms with Gasteiger partial charge in [-0.25, -0.2) is 14.6 Å². The van der Waals surface area contributed by atoms with E-state index in [2.05, 4.69) is 25.1 Å². The Morgan fingerprint density at radius 2 is 1.88 bits per heavy atom. The summed E-state index contributed by atoms with van der Waals surface area (Å²) in [5.74, 6) is -1.93. The number of thiazole rings is 1. The topological polar surface area (TPSA) is 107 Å². The van der Waals surface area contributed by atoms with Crippen LogP contribution in [0.5, 0.6) is 0 Å². The van der Waals surface area contributed by atoms with E-state index >= 15 is 0 Å². The number of hydrogen-bond donors (Lipinski definition) is 2. The molecule has 0 aliphatic rings. The summed E-state index contributed by atoms with van der Waals surface area (Å²) in [5, 5.41) is 7.55. The number of methoxy groups -OCH3 is 2. The van der Waals surface area contributed by atoms with E-state index < -0.39 is 17.8 Å². The Morgan fingerprint density at radius 3 is 2.52 bits per heavy atom. The summed E-state index contributed by atoms with van der Waals surface area (Å²) in [5.41, 5.74) is 0.415. The van der Waals surface area contributed by atoms with E-state index in [-0.39, 0.29) is 11.3 Å². The summed E-state index contributed by atoms with van der Waals surface area (Å²) >= 11 is 1.28. The molecule has 0 aliphatic carbocycles. The van der Waals surface area contributed by atoms with Crippen LogP contribution in [-0.2, 0) is 19.1 Å². The predicted molar refractivity (Wildman–Crippen MR) is 92.2 cm³/mol. The summed E-state index contributed by atoms with van der Waals surface area (Å²) in [6.45, 7) is 0. The number of carbonyl (C=O) groups excluding carboxylic acids is 3. The molecule has 0 bridgehead atoms. The molecular formula is C16H15N3O5S. The van der Waals surface area contributed by atoms with Crippen LogP contribution in [0.4, 0.5) is 10.8 Å². The minimum atomic E-state index is -0.777. The quantitative estimate of drug-likeness (QED) is 0.599. The lowest BCUT2D eigenvalue weighted by molar-refractivity contribution is -0.138. The molecule has 0 fully saturated rings. The van der Waals surface area contributed by atoms with Gasteiger partial charge in [0.2, 0.25) is 0 Å². The van der Waals surface area contributed by atoms with Crippen LogP contribution in [0.15, 0.2) is 47.6 Å². The molecule has 0 atom stereocenters. The van der Waals surface area contributed by atoms with Gasteiger partial charge in [0.15, 0.2) is 5.13 Å². The molecule has 1 heterocycles. The standard InChI is InChI=1S/C16H15N3O5S/c1-23-13(20)9-12(15(22)24-2)18-11-6-4-3-5-10(11)14(21)19-16-17-7-8-25-16/h3-9,18H,1-2H3,(H,17,19,21)/b12-9+. The fraction of sp³-hybridized carbons (Fsp3) is 0.125. The van der Waals surface area contributed by atoms with Crippen molar-refractivity contribution < 1.29 is 23.9 Å². The van der Waals surface area contributed by atoms with Crippen molar-refractivity contribution in [2.24, 2.45) is 0 Å². The van der Waals surface area contributed by atoms with Crippen LogP contribution in [0, 0.1) is 0 Å².